The van der Waals surface area contributed by atoms with Gasteiger partial charge in [0.05, 0.1) is 11.4 Å². The molecule has 0 saturated carbocycles. The van der Waals surface area contributed by atoms with Crippen LogP contribution in [-0.2, 0) is 11.3 Å². The Labute approximate surface area is 135 Å². The lowest BCUT2D eigenvalue weighted by molar-refractivity contribution is -0.116. The molecular formula is C16H12FN3O2S. The van der Waals surface area contributed by atoms with Crippen molar-refractivity contribution < 1.29 is 13.7 Å². The van der Waals surface area contributed by atoms with Crippen LogP contribution in [0.5, 0.6) is 0 Å². The number of hydrogen-bond donors (Lipinski definition) is 1. The molecule has 0 unspecified atom stereocenters. The number of rotatable bonds is 5. The topological polar surface area (TPSA) is 68.0 Å². The van der Waals surface area contributed by atoms with Gasteiger partial charge in [0.25, 0.3) is 0 Å². The lowest BCUT2D eigenvalue weighted by Gasteiger charge is -1.97. The average molecular weight is 329 g/mol. The van der Waals surface area contributed by atoms with E-state index in [1.165, 1.54) is 29.5 Å². The van der Waals surface area contributed by atoms with Crippen molar-refractivity contribution >= 4 is 23.3 Å². The van der Waals surface area contributed by atoms with E-state index in [-0.39, 0.29) is 18.3 Å². The summed E-state index contributed by atoms with van der Waals surface area (Å²) in [5, 5.41) is 8.43. The fraction of sp³-hybridized carbons (Fsp3) is 0.0625. The Balaban J connectivity index is 1.54. The van der Waals surface area contributed by atoms with Crippen LogP contribution in [0, 0.1) is 5.82 Å². The third kappa shape index (κ3) is 4.10. The molecular weight excluding hydrogens is 317 g/mol. The van der Waals surface area contributed by atoms with E-state index in [0.717, 1.165) is 10.4 Å². The molecule has 0 spiro atoms. The molecule has 0 aliphatic carbocycles. The van der Waals surface area contributed by atoms with Gasteiger partial charge in [0.15, 0.2) is 0 Å². The summed E-state index contributed by atoms with van der Waals surface area (Å²) in [5.41, 5.74) is 0.735. The van der Waals surface area contributed by atoms with Crippen molar-refractivity contribution in [3.8, 4) is 10.7 Å². The van der Waals surface area contributed by atoms with Crippen LogP contribution < -0.4 is 5.32 Å². The van der Waals surface area contributed by atoms with Crippen LogP contribution in [0.25, 0.3) is 16.8 Å². The number of nitrogens with zero attached hydrogens (tertiary/aromatic N) is 2. The molecule has 1 N–H and O–H groups in total. The quantitative estimate of drug-likeness (QED) is 0.730. The number of hydrogen-bond acceptors (Lipinski definition) is 5. The predicted molar refractivity (Wildman–Crippen MR) is 84.9 cm³/mol. The Bertz CT molecular complexity index is 810. The fourth-order valence-corrected chi connectivity index (χ4v) is 2.45. The van der Waals surface area contributed by atoms with Crippen LogP contribution in [0.4, 0.5) is 4.39 Å². The van der Waals surface area contributed by atoms with Crippen LogP contribution in [0.15, 0.2) is 52.4 Å². The van der Waals surface area contributed by atoms with Crippen LogP contribution in [0.2, 0.25) is 0 Å². The zero-order valence-electron chi connectivity index (χ0n) is 11.9. The SMILES string of the molecule is O=C(/C=C/c1ccc(F)cc1)NCc1nc(-c2cccs2)no1. The maximum atomic E-state index is 12.8. The van der Waals surface area contributed by atoms with Gasteiger partial charge in [-0.3, -0.25) is 4.79 Å². The first-order valence-electron chi connectivity index (χ1n) is 6.78. The largest absolute Gasteiger partial charge is 0.343 e. The van der Waals surface area contributed by atoms with E-state index in [2.05, 4.69) is 15.5 Å². The third-order valence-corrected chi connectivity index (χ3v) is 3.79. The molecule has 0 atom stereocenters. The van der Waals surface area contributed by atoms with Gasteiger partial charge in [0.1, 0.15) is 5.82 Å². The molecule has 5 nitrogen and oxygen atoms in total. The van der Waals surface area contributed by atoms with Gasteiger partial charge in [0, 0.05) is 6.08 Å². The molecule has 3 rings (SSSR count). The van der Waals surface area contributed by atoms with Crippen molar-refractivity contribution in [1.82, 2.24) is 15.5 Å². The fourth-order valence-electron chi connectivity index (χ4n) is 1.80. The van der Waals surface area contributed by atoms with Gasteiger partial charge in [-0.15, -0.1) is 11.3 Å². The maximum Gasteiger partial charge on any atom is 0.246 e. The Kier molecular flexibility index (Phi) is 4.58. The highest BCUT2D eigenvalue weighted by Gasteiger charge is 2.09. The lowest BCUT2D eigenvalue weighted by Crippen LogP contribution is -2.20. The molecule has 0 aliphatic heterocycles. The van der Waals surface area contributed by atoms with E-state index in [4.69, 9.17) is 4.52 Å². The molecule has 0 aliphatic rings. The van der Waals surface area contributed by atoms with Gasteiger partial charge in [0.2, 0.25) is 17.6 Å². The maximum absolute atomic E-state index is 12.8. The Morgan fingerprint density at radius 2 is 2.13 bits per heavy atom. The molecule has 0 bridgehead atoms. The minimum atomic E-state index is -0.315. The average Bonchev–Trinajstić information content (AvgIpc) is 3.23. The van der Waals surface area contributed by atoms with E-state index in [1.54, 1.807) is 18.2 Å². The standard InChI is InChI=1S/C16H12FN3O2S/c17-12-6-3-11(4-7-12)5-8-14(21)18-10-15-19-16(20-22-15)13-2-1-9-23-13/h1-9H,10H2,(H,18,21)/b8-5+. The Hall–Kier alpha value is -2.80. The normalized spacial score (nSPS) is 11.0. The second-order valence-electron chi connectivity index (χ2n) is 4.59. The first-order chi connectivity index (χ1) is 11.2. The van der Waals surface area contributed by atoms with Crippen molar-refractivity contribution in [2.45, 2.75) is 6.54 Å². The Morgan fingerprint density at radius 3 is 2.87 bits per heavy atom. The van der Waals surface area contributed by atoms with Gasteiger partial charge in [-0.25, -0.2) is 4.39 Å². The van der Waals surface area contributed by atoms with Crippen molar-refractivity contribution in [1.29, 1.82) is 0 Å². The summed E-state index contributed by atoms with van der Waals surface area (Å²) in [6, 6.07) is 9.64. The van der Waals surface area contributed by atoms with Crippen molar-refractivity contribution in [3.05, 3.63) is 65.1 Å². The number of benzene rings is 1. The molecule has 1 amide bonds. The number of carbonyl (C=O) groups is 1. The number of nitrogens with one attached hydrogen (secondary N) is 1. The molecule has 2 heterocycles. The lowest BCUT2D eigenvalue weighted by atomic mass is 10.2. The summed E-state index contributed by atoms with van der Waals surface area (Å²) in [7, 11) is 0. The van der Waals surface area contributed by atoms with Gasteiger partial charge in [-0.2, -0.15) is 4.98 Å². The van der Waals surface area contributed by atoms with Gasteiger partial charge in [-0.1, -0.05) is 23.4 Å². The molecule has 2 aromatic heterocycles. The molecule has 0 saturated heterocycles. The first kappa shape index (κ1) is 15.1. The van der Waals surface area contributed by atoms with Gasteiger partial charge in [-0.05, 0) is 35.2 Å². The van der Waals surface area contributed by atoms with Crippen LogP contribution >= 0.6 is 11.3 Å². The summed E-state index contributed by atoms with van der Waals surface area (Å²) >= 11 is 1.51. The molecule has 0 radical (unpaired) electrons. The summed E-state index contributed by atoms with van der Waals surface area (Å²) in [5.74, 6) is 0.220. The number of thiophene rings is 1. The molecule has 7 heteroatoms. The highest BCUT2D eigenvalue weighted by molar-refractivity contribution is 7.13. The van der Waals surface area contributed by atoms with Crippen molar-refractivity contribution in [2.24, 2.45) is 0 Å². The van der Waals surface area contributed by atoms with E-state index in [9.17, 15) is 9.18 Å². The van der Waals surface area contributed by atoms with Gasteiger partial charge >= 0.3 is 0 Å². The highest BCUT2D eigenvalue weighted by atomic mass is 32.1. The smallest absolute Gasteiger partial charge is 0.246 e. The number of halogens is 1. The van der Waals surface area contributed by atoms with Gasteiger partial charge < -0.3 is 9.84 Å². The van der Waals surface area contributed by atoms with Crippen LogP contribution in [-0.4, -0.2) is 16.0 Å². The minimum Gasteiger partial charge on any atom is -0.343 e. The molecule has 3 aromatic rings. The predicted octanol–water partition coefficient (Wildman–Crippen LogP) is 3.27. The summed E-state index contributed by atoms with van der Waals surface area (Å²) < 4.78 is 17.9. The van der Waals surface area contributed by atoms with Crippen LogP contribution in [0.3, 0.4) is 0 Å². The zero-order chi connectivity index (χ0) is 16.1. The minimum absolute atomic E-state index is 0.144. The zero-order valence-corrected chi connectivity index (χ0v) is 12.7. The van der Waals surface area contributed by atoms with E-state index in [0.29, 0.717) is 11.7 Å². The summed E-state index contributed by atoms with van der Waals surface area (Å²) in [4.78, 5) is 16.8. The van der Waals surface area contributed by atoms with E-state index in [1.807, 2.05) is 17.5 Å². The number of aromatic nitrogens is 2. The third-order valence-electron chi connectivity index (χ3n) is 2.92. The molecule has 116 valence electrons. The Morgan fingerprint density at radius 1 is 1.30 bits per heavy atom. The van der Waals surface area contributed by atoms with Crippen molar-refractivity contribution in [2.75, 3.05) is 0 Å². The second kappa shape index (κ2) is 6.97. The second-order valence-corrected chi connectivity index (χ2v) is 5.54. The first-order valence-corrected chi connectivity index (χ1v) is 7.66. The highest BCUT2D eigenvalue weighted by Crippen LogP contribution is 2.21. The number of amides is 1. The number of carbonyl (C=O) groups excluding carboxylic acids is 1. The van der Waals surface area contributed by atoms with E-state index >= 15 is 0 Å². The molecule has 0 fully saturated rings. The molecule has 1 aromatic carbocycles. The monoisotopic (exact) mass is 329 g/mol. The summed E-state index contributed by atoms with van der Waals surface area (Å²) in [6.45, 7) is 0.144. The summed E-state index contributed by atoms with van der Waals surface area (Å²) in [6.07, 6.45) is 2.96. The van der Waals surface area contributed by atoms with E-state index < -0.39 is 0 Å². The van der Waals surface area contributed by atoms with Crippen molar-refractivity contribution in [3.63, 3.8) is 0 Å². The molecule has 23 heavy (non-hydrogen) atoms. The van der Waals surface area contributed by atoms with Crippen LogP contribution in [0.1, 0.15) is 11.5 Å².